The van der Waals surface area contributed by atoms with Crippen LogP contribution in [0.3, 0.4) is 0 Å². The summed E-state index contributed by atoms with van der Waals surface area (Å²) < 4.78 is 10.5. The molecule has 208 valence electrons. The quantitative estimate of drug-likeness (QED) is 0.411. The van der Waals surface area contributed by atoms with Crippen molar-refractivity contribution in [2.75, 3.05) is 39.4 Å². The number of hydrogen-bond donors (Lipinski definition) is 4. The van der Waals surface area contributed by atoms with Gasteiger partial charge in [0.25, 0.3) is 0 Å². The Morgan fingerprint density at radius 3 is 1.21 bits per heavy atom. The van der Waals surface area contributed by atoms with Gasteiger partial charge < -0.3 is 30.3 Å². The molecule has 0 aromatic heterocycles. The highest BCUT2D eigenvalue weighted by atomic mass is 16.6. The number of ether oxygens (including phenoxy) is 2. The van der Waals surface area contributed by atoms with Gasteiger partial charge in [-0.2, -0.15) is 0 Å². The van der Waals surface area contributed by atoms with Gasteiger partial charge in [0, 0.05) is 0 Å². The minimum atomic E-state index is -1.83. The van der Waals surface area contributed by atoms with E-state index in [9.17, 15) is 9.59 Å². The molecular weight excluding hydrogens is 488 g/mol. The molecule has 0 bridgehead atoms. The number of rotatable bonds is 6. The molecule has 2 aliphatic heterocycles. The van der Waals surface area contributed by atoms with Crippen LogP contribution in [0.2, 0.25) is 0 Å². The SMILES string of the molecule is CCOC(=O)C1(c2ccccc2)CCNCC1.CCOC(=O)C1(c2ccccc2)CCNCC1.O=C(O)O. The van der Waals surface area contributed by atoms with Crippen LogP contribution < -0.4 is 10.6 Å². The zero-order valence-electron chi connectivity index (χ0n) is 22.3. The summed E-state index contributed by atoms with van der Waals surface area (Å²) in [5.74, 6) is -0.152. The second-order valence-corrected chi connectivity index (χ2v) is 9.12. The van der Waals surface area contributed by atoms with Crippen molar-refractivity contribution in [2.24, 2.45) is 0 Å². The van der Waals surface area contributed by atoms with Crippen molar-refractivity contribution < 1.29 is 34.1 Å². The fourth-order valence-corrected chi connectivity index (χ4v) is 4.98. The van der Waals surface area contributed by atoms with Gasteiger partial charge in [-0.15, -0.1) is 0 Å². The van der Waals surface area contributed by atoms with E-state index in [1.165, 1.54) is 0 Å². The number of nitrogens with one attached hydrogen (secondary N) is 2. The van der Waals surface area contributed by atoms with Gasteiger partial charge in [0.05, 0.1) is 24.0 Å². The number of carbonyl (C=O) groups is 3. The van der Waals surface area contributed by atoms with Gasteiger partial charge >= 0.3 is 18.1 Å². The Hall–Kier alpha value is -3.43. The molecule has 2 aromatic rings. The molecule has 9 heteroatoms. The number of carbonyl (C=O) groups excluding carboxylic acids is 2. The van der Waals surface area contributed by atoms with Crippen molar-refractivity contribution in [2.45, 2.75) is 50.4 Å². The van der Waals surface area contributed by atoms with E-state index in [-0.39, 0.29) is 11.9 Å². The molecule has 0 saturated carbocycles. The van der Waals surface area contributed by atoms with Crippen LogP contribution in [0.25, 0.3) is 0 Å². The van der Waals surface area contributed by atoms with Gasteiger partial charge in [-0.05, 0) is 76.8 Å². The monoisotopic (exact) mass is 528 g/mol. The lowest BCUT2D eigenvalue weighted by atomic mass is 9.73. The average Bonchev–Trinajstić information content (AvgIpc) is 2.95. The summed E-state index contributed by atoms with van der Waals surface area (Å²) in [6.45, 7) is 8.08. The number of carboxylic acid groups (broad SMARTS) is 2. The third-order valence-electron chi connectivity index (χ3n) is 6.90. The first-order valence-electron chi connectivity index (χ1n) is 13.1. The van der Waals surface area contributed by atoms with E-state index in [0.717, 1.165) is 63.0 Å². The van der Waals surface area contributed by atoms with Crippen molar-refractivity contribution >= 4 is 18.1 Å². The van der Waals surface area contributed by atoms with Crippen LogP contribution in [0.15, 0.2) is 60.7 Å². The van der Waals surface area contributed by atoms with Crippen LogP contribution >= 0.6 is 0 Å². The van der Waals surface area contributed by atoms with Crippen LogP contribution in [-0.4, -0.2) is 67.7 Å². The molecule has 0 radical (unpaired) electrons. The third-order valence-corrected chi connectivity index (χ3v) is 6.90. The van der Waals surface area contributed by atoms with Crippen molar-refractivity contribution in [3.63, 3.8) is 0 Å². The van der Waals surface area contributed by atoms with Gasteiger partial charge in [-0.3, -0.25) is 9.59 Å². The number of piperidine rings is 2. The van der Waals surface area contributed by atoms with Crippen LogP contribution in [-0.2, 0) is 29.9 Å². The molecule has 2 saturated heterocycles. The molecule has 0 unspecified atom stereocenters. The van der Waals surface area contributed by atoms with E-state index in [1.54, 1.807) is 0 Å². The molecule has 0 atom stereocenters. The fourth-order valence-electron chi connectivity index (χ4n) is 4.98. The molecule has 2 heterocycles. The Labute approximate surface area is 224 Å². The summed E-state index contributed by atoms with van der Waals surface area (Å²) in [4.78, 5) is 33.1. The van der Waals surface area contributed by atoms with Gasteiger partial charge in [-0.1, -0.05) is 60.7 Å². The molecule has 38 heavy (non-hydrogen) atoms. The zero-order chi connectivity index (χ0) is 27.9. The van der Waals surface area contributed by atoms with E-state index >= 15 is 0 Å². The molecule has 2 aliphatic rings. The van der Waals surface area contributed by atoms with Gasteiger partial charge in [0.1, 0.15) is 0 Å². The number of esters is 2. The maximum absolute atomic E-state index is 12.3. The number of benzene rings is 2. The summed E-state index contributed by atoms with van der Waals surface area (Å²) in [6, 6.07) is 20.0. The Balaban J connectivity index is 0.000000234. The van der Waals surface area contributed by atoms with Crippen LogP contribution in [0, 0.1) is 0 Å². The third kappa shape index (κ3) is 8.29. The second kappa shape index (κ2) is 15.7. The van der Waals surface area contributed by atoms with Crippen molar-refractivity contribution in [1.29, 1.82) is 0 Å². The Morgan fingerprint density at radius 1 is 0.658 bits per heavy atom. The lowest BCUT2D eigenvalue weighted by Crippen LogP contribution is -2.46. The molecule has 4 rings (SSSR count). The fraction of sp³-hybridized carbons (Fsp3) is 0.483. The maximum Gasteiger partial charge on any atom is 0.503 e. The average molecular weight is 529 g/mol. The first-order chi connectivity index (χ1) is 18.3. The lowest BCUT2D eigenvalue weighted by Gasteiger charge is -2.35. The molecule has 0 spiro atoms. The first kappa shape index (κ1) is 30.8. The minimum absolute atomic E-state index is 0.0762. The van der Waals surface area contributed by atoms with Gasteiger partial charge in [0.2, 0.25) is 0 Å². The largest absolute Gasteiger partial charge is 0.503 e. The van der Waals surface area contributed by atoms with Crippen molar-refractivity contribution in [3.05, 3.63) is 71.8 Å². The predicted molar refractivity (Wildman–Crippen MR) is 144 cm³/mol. The summed E-state index contributed by atoms with van der Waals surface area (Å²) in [5, 5.41) is 20.5. The standard InChI is InChI=1S/2C14H19NO2.CH2O3/c2*1-2-17-13(16)14(8-10-15-11-9-14)12-6-4-3-5-7-12;2-1(3)4/h2*3-7,15H,2,8-11H2,1H3;(H2,2,3,4). The molecule has 0 aliphatic carbocycles. The summed E-state index contributed by atoms with van der Waals surface area (Å²) in [6.07, 6.45) is 1.43. The Kier molecular flexibility index (Phi) is 12.8. The molecular formula is C29H40N2O7. The van der Waals surface area contributed by atoms with E-state index in [4.69, 9.17) is 24.5 Å². The van der Waals surface area contributed by atoms with Crippen molar-refractivity contribution in [3.8, 4) is 0 Å². The Bertz CT molecular complexity index is 907. The van der Waals surface area contributed by atoms with E-state index in [2.05, 4.69) is 10.6 Å². The molecule has 9 nitrogen and oxygen atoms in total. The highest BCUT2D eigenvalue weighted by molar-refractivity contribution is 5.84. The maximum atomic E-state index is 12.3. The van der Waals surface area contributed by atoms with E-state index in [1.807, 2.05) is 74.5 Å². The highest BCUT2D eigenvalue weighted by Crippen LogP contribution is 2.35. The summed E-state index contributed by atoms with van der Waals surface area (Å²) >= 11 is 0. The zero-order valence-corrected chi connectivity index (χ0v) is 22.3. The summed E-state index contributed by atoms with van der Waals surface area (Å²) in [7, 11) is 0. The normalized spacial score (nSPS) is 17.3. The topological polar surface area (TPSA) is 134 Å². The lowest BCUT2D eigenvalue weighted by molar-refractivity contribution is -0.152. The smallest absolute Gasteiger partial charge is 0.465 e. The molecule has 4 N–H and O–H groups in total. The van der Waals surface area contributed by atoms with Crippen LogP contribution in [0.4, 0.5) is 4.79 Å². The number of hydrogen-bond acceptors (Lipinski definition) is 7. The highest BCUT2D eigenvalue weighted by Gasteiger charge is 2.43. The summed E-state index contributed by atoms with van der Waals surface area (Å²) in [5.41, 5.74) is 1.28. The van der Waals surface area contributed by atoms with Crippen molar-refractivity contribution in [1.82, 2.24) is 10.6 Å². The van der Waals surface area contributed by atoms with Crippen LogP contribution in [0.1, 0.15) is 50.7 Å². The first-order valence-corrected chi connectivity index (χ1v) is 13.1. The Morgan fingerprint density at radius 2 is 0.947 bits per heavy atom. The second-order valence-electron chi connectivity index (χ2n) is 9.12. The van der Waals surface area contributed by atoms with E-state index in [0.29, 0.717) is 13.2 Å². The van der Waals surface area contributed by atoms with Gasteiger partial charge in [-0.25, -0.2) is 4.79 Å². The minimum Gasteiger partial charge on any atom is -0.465 e. The predicted octanol–water partition coefficient (Wildman–Crippen LogP) is 3.96. The molecule has 2 fully saturated rings. The van der Waals surface area contributed by atoms with Crippen LogP contribution in [0.5, 0.6) is 0 Å². The van der Waals surface area contributed by atoms with Gasteiger partial charge in [0.15, 0.2) is 0 Å². The molecule has 2 aromatic carbocycles. The van der Waals surface area contributed by atoms with E-state index < -0.39 is 17.0 Å². The molecule has 0 amide bonds.